The number of nitrogens with zero attached hydrogens (tertiary/aromatic N) is 2. The maximum Gasteiger partial charge on any atom is 0.0562 e. The average molecular weight is 728 g/mol. The molecule has 0 amide bonds. The number of nitrogens with one attached hydrogen (secondary N) is 1. The Bertz CT molecular complexity index is 3210. The molecule has 0 unspecified atom stereocenters. The number of hydrogen-bond acceptors (Lipinski definition) is 1. The normalized spacial score (nSPS) is 11.5. The second-order valence-corrected chi connectivity index (χ2v) is 14.6. The molecule has 0 saturated heterocycles. The zero-order valence-electron chi connectivity index (χ0n) is 31.2. The molecule has 0 aliphatic rings. The summed E-state index contributed by atoms with van der Waals surface area (Å²) in [6, 6.07) is 78.5. The number of benzene rings is 9. The highest BCUT2D eigenvalue weighted by molar-refractivity contribution is 6.16. The summed E-state index contributed by atoms with van der Waals surface area (Å²) < 4.78 is 4.75. The number of anilines is 2. The third kappa shape index (κ3) is 5.60. The molecule has 0 spiro atoms. The van der Waals surface area contributed by atoms with E-state index in [0.717, 1.165) is 22.7 Å². The van der Waals surface area contributed by atoms with E-state index in [0.29, 0.717) is 0 Å². The fourth-order valence-electron chi connectivity index (χ4n) is 8.69. The molecule has 0 radical (unpaired) electrons. The lowest BCUT2D eigenvalue weighted by molar-refractivity contribution is 1.18. The highest BCUT2D eigenvalue weighted by atomic mass is 15.0. The zero-order chi connectivity index (χ0) is 37.7. The maximum atomic E-state index is 3.75. The van der Waals surface area contributed by atoms with Crippen molar-refractivity contribution < 1.29 is 0 Å². The summed E-state index contributed by atoms with van der Waals surface area (Å²) in [5.74, 6) is 0. The van der Waals surface area contributed by atoms with E-state index in [4.69, 9.17) is 0 Å². The molecule has 3 heteroatoms. The highest BCUT2D eigenvalue weighted by Crippen LogP contribution is 2.40. The third-order valence-corrected chi connectivity index (χ3v) is 11.3. The first-order valence-electron chi connectivity index (χ1n) is 19.5. The minimum absolute atomic E-state index is 1.05. The van der Waals surface area contributed by atoms with E-state index >= 15 is 0 Å². The van der Waals surface area contributed by atoms with Crippen molar-refractivity contribution in [3.8, 4) is 44.8 Å². The lowest BCUT2D eigenvalue weighted by Gasteiger charge is -2.11. The number of fused-ring (bicyclic) bond motifs is 6. The van der Waals surface area contributed by atoms with E-state index in [1.807, 2.05) is 0 Å². The van der Waals surface area contributed by atoms with Gasteiger partial charge < -0.3 is 14.5 Å². The van der Waals surface area contributed by atoms with Gasteiger partial charge in [0, 0.05) is 44.3 Å². The molecule has 268 valence electrons. The summed E-state index contributed by atoms with van der Waals surface area (Å²) in [5.41, 5.74) is 16.5. The second kappa shape index (κ2) is 13.6. The summed E-state index contributed by atoms with van der Waals surface area (Å²) in [7, 11) is 0. The maximum absolute atomic E-state index is 3.75. The van der Waals surface area contributed by atoms with Crippen LogP contribution in [0.25, 0.3) is 88.4 Å². The molecule has 0 bridgehead atoms. The van der Waals surface area contributed by atoms with E-state index < -0.39 is 0 Å². The molecule has 0 saturated carbocycles. The van der Waals surface area contributed by atoms with Gasteiger partial charge in [-0.1, -0.05) is 152 Å². The van der Waals surface area contributed by atoms with Gasteiger partial charge in [-0.2, -0.15) is 0 Å². The summed E-state index contributed by atoms with van der Waals surface area (Å²) in [4.78, 5) is 0. The lowest BCUT2D eigenvalue weighted by Crippen LogP contribution is -1.94. The Kier molecular flexibility index (Phi) is 7.82. The molecule has 11 rings (SSSR count). The molecule has 0 fully saturated rings. The Morgan fingerprint density at radius 1 is 0.281 bits per heavy atom. The Morgan fingerprint density at radius 3 is 1.37 bits per heavy atom. The number of rotatable bonds is 7. The topological polar surface area (TPSA) is 21.9 Å². The molecule has 0 aliphatic heterocycles. The lowest BCUT2D eigenvalue weighted by atomic mass is 9.97. The van der Waals surface area contributed by atoms with E-state index in [1.165, 1.54) is 77.0 Å². The fourth-order valence-corrected chi connectivity index (χ4v) is 8.69. The van der Waals surface area contributed by atoms with Crippen LogP contribution in [-0.4, -0.2) is 9.13 Å². The van der Waals surface area contributed by atoms with Crippen molar-refractivity contribution in [1.29, 1.82) is 0 Å². The molecule has 3 nitrogen and oxygen atoms in total. The Hall–Kier alpha value is -7.62. The van der Waals surface area contributed by atoms with E-state index in [-0.39, 0.29) is 0 Å². The van der Waals surface area contributed by atoms with Crippen LogP contribution in [0.5, 0.6) is 0 Å². The summed E-state index contributed by atoms with van der Waals surface area (Å²) in [6.45, 7) is 0. The van der Waals surface area contributed by atoms with Gasteiger partial charge in [-0.05, 0) is 100 Å². The van der Waals surface area contributed by atoms with Crippen LogP contribution in [0.1, 0.15) is 0 Å². The van der Waals surface area contributed by atoms with Gasteiger partial charge >= 0.3 is 0 Å². The molecule has 11 aromatic rings. The van der Waals surface area contributed by atoms with Crippen LogP contribution in [-0.2, 0) is 0 Å². The third-order valence-electron chi connectivity index (χ3n) is 11.3. The zero-order valence-corrected chi connectivity index (χ0v) is 31.2. The van der Waals surface area contributed by atoms with Crippen molar-refractivity contribution in [2.75, 3.05) is 5.32 Å². The second-order valence-electron chi connectivity index (χ2n) is 14.6. The predicted molar refractivity (Wildman–Crippen MR) is 241 cm³/mol. The fraction of sp³-hybridized carbons (Fsp3) is 0. The van der Waals surface area contributed by atoms with Crippen molar-refractivity contribution in [3.63, 3.8) is 0 Å². The van der Waals surface area contributed by atoms with Gasteiger partial charge in [0.25, 0.3) is 0 Å². The SMILES string of the molecule is c1ccc(-c2ccc(-n3c4ccccc4c4c(-c5ccc(-c6ccc(Nc7cccc8c7c7ccccc7n8-c7ccccc7)cc6)cc5)cccc43)cc2)cc1. The monoisotopic (exact) mass is 727 g/mol. The average Bonchev–Trinajstić information content (AvgIpc) is 3.81. The van der Waals surface area contributed by atoms with Crippen molar-refractivity contribution in [1.82, 2.24) is 9.13 Å². The molecule has 0 aliphatic carbocycles. The molecule has 9 aromatic carbocycles. The highest BCUT2D eigenvalue weighted by Gasteiger charge is 2.17. The Labute approximate surface area is 331 Å². The molecule has 2 heterocycles. The van der Waals surface area contributed by atoms with Crippen LogP contribution in [0.2, 0.25) is 0 Å². The largest absolute Gasteiger partial charge is 0.355 e. The predicted octanol–water partition coefficient (Wildman–Crippen LogP) is 14.6. The van der Waals surface area contributed by atoms with Crippen molar-refractivity contribution in [2.45, 2.75) is 0 Å². The van der Waals surface area contributed by atoms with Gasteiger partial charge in [0.1, 0.15) is 0 Å². The summed E-state index contributed by atoms with van der Waals surface area (Å²) in [5, 5.41) is 8.72. The number of aromatic nitrogens is 2. The van der Waals surface area contributed by atoms with Gasteiger partial charge in [0.05, 0.1) is 22.1 Å². The van der Waals surface area contributed by atoms with Crippen molar-refractivity contribution in [3.05, 3.63) is 218 Å². The van der Waals surface area contributed by atoms with Crippen LogP contribution in [0.3, 0.4) is 0 Å². The Balaban J connectivity index is 0.905. The van der Waals surface area contributed by atoms with Gasteiger partial charge in [0.2, 0.25) is 0 Å². The van der Waals surface area contributed by atoms with E-state index in [2.05, 4.69) is 233 Å². The van der Waals surface area contributed by atoms with Gasteiger partial charge in [-0.25, -0.2) is 0 Å². The molecule has 57 heavy (non-hydrogen) atoms. The van der Waals surface area contributed by atoms with E-state index in [9.17, 15) is 0 Å². The van der Waals surface area contributed by atoms with Gasteiger partial charge in [0.15, 0.2) is 0 Å². The smallest absolute Gasteiger partial charge is 0.0562 e. The van der Waals surface area contributed by atoms with Gasteiger partial charge in [-0.3, -0.25) is 0 Å². The van der Waals surface area contributed by atoms with E-state index in [1.54, 1.807) is 0 Å². The Morgan fingerprint density at radius 2 is 0.719 bits per heavy atom. The first kappa shape index (κ1) is 32.8. The molecular weight excluding hydrogens is 691 g/mol. The molecular formula is C54H37N3. The van der Waals surface area contributed by atoms with Crippen LogP contribution >= 0.6 is 0 Å². The standard InChI is InChI=1S/C54H37N3/c1-3-13-37(14-4-1)40-31-35-44(36-32-40)57-49-21-9-7-17-46(49)53-45(19-11-23-51(53)57)41-27-25-38(26-28-41)39-29-33-42(34-30-39)55-48-20-12-24-52-54(48)47-18-8-10-22-50(47)56(52)43-15-5-2-6-16-43/h1-36,55H. The van der Waals surface area contributed by atoms with Gasteiger partial charge in [-0.15, -0.1) is 0 Å². The molecule has 1 N–H and O–H groups in total. The number of para-hydroxylation sites is 3. The summed E-state index contributed by atoms with van der Waals surface area (Å²) in [6.07, 6.45) is 0. The minimum atomic E-state index is 1.05. The van der Waals surface area contributed by atoms with Crippen molar-refractivity contribution >= 4 is 55.0 Å². The quantitative estimate of drug-likeness (QED) is 0.173. The van der Waals surface area contributed by atoms with Crippen LogP contribution in [0.4, 0.5) is 11.4 Å². The molecule has 0 atom stereocenters. The first-order valence-corrected chi connectivity index (χ1v) is 19.5. The van der Waals surface area contributed by atoms with Crippen LogP contribution in [0.15, 0.2) is 218 Å². The van der Waals surface area contributed by atoms with Crippen molar-refractivity contribution in [2.24, 2.45) is 0 Å². The summed E-state index contributed by atoms with van der Waals surface area (Å²) >= 11 is 0. The molecule has 2 aromatic heterocycles. The first-order chi connectivity index (χ1) is 28.3. The minimum Gasteiger partial charge on any atom is -0.355 e. The number of hydrogen-bond donors (Lipinski definition) is 1. The van der Waals surface area contributed by atoms with Crippen LogP contribution < -0.4 is 5.32 Å². The van der Waals surface area contributed by atoms with Crippen LogP contribution in [0, 0.1) is 0 Å².